The maximum atomic E-state index is 13.6. The van der Waals surface area contributed by atoms with Gasteiger partial charge in [-0.2, -0.15) is 5.10 Å². The summed E-state index contributed by atoms with van der Waals surface area (Å²) < 4.78 is 20.3. The average Bonchev–Trinajstić information content (AvgIpc) is 3.19. The number of hydrogen-bond acceptors (Lipinski definition) is 5. The van der Waals surface area contributed by atoms with E-state index in [-0.39, 0.29) is 18.2 Å². The lowest BCUT2D eigenvalue weighted by atomic mass is 10.1. The van der Waals surface area contributed by atoms with Gasteiger partial charge < -0.3 is 15.8 Å². The van der Waals surface area contributed by atoms with Crippen molar-refractivity contribution in [1.29, 1.82) is 0 Å². The molecule has 0 aliphatic carbocycles. The third kappa shape index (κ3) is 3.98. The van der Waals surface area contributed by atoms with E-state index in [1.807, 2.05) is 6.92 Å². The number of aryl methyl sites for hydroxylation is 1. The van der Waals surface area contributed by atoms with Crippen LogP contribution in [0.1, 0.15) is 31.3 Å². The number of amides is 2. The Morgan fingerprint density at radius 1 is 1.30 bits per heavy atom. The smallest absolute Gasteiger partial charge is 0.276 e. The third-order valence-corrected chi connectivity index (χ3v) is 5.04. The highest BCUT2D eigenvalue weighted by Gasteiger charge is 2.20. The number of thiophene rings is 1. The minimum absolute atomic E-state index is 0.0576. The van der Waals surface area contributed by atoms with Crippen molar-refractivity contribution in [1.82, 2.24) is 9.78 Å². The number of ether oxygens (including phenoxy) is 1. The number of carbonyl (C=O) groups is 2. The van der Waals surface area contributed by atoms with Gasteiger partial charge in [0.25, 0.3) is 11.8 Å². The zero-order chi connectivity index (χ0) is 19.6. The Balaban J connectivity index is 1.70. The van der Waals surface area contributed by atoms with E-state index in [0.717, 1.165) is 10.4 Å². The van der Waals surface area contributed by atoms with Crippen molar-refractivity contribution in [2.24, 2.45) is 5.73 Å². The van der Waals surface area contributed by atoms with Gasteiger partial charge in [0.2, 0.25) is 0 Å². The van der Waals surface area contributed by atoms with Crippen molar-refractivity contribution in [3.05, 3.63) is 64.0 Å². The fourth-order valence-electron chi connectivity index (χ4n) is 2.43. The molecule has 3 N–H and O–H groups in total. The van der Waals surface area contributed by atoms with Gasteiger partial charge in [-0.25, -0.2) is 9.07 Å². The minimum Gasteiger partial charge on any atom is -0.468 e. The molecule has 3 rings (SSSR count). The fraction of sp³-hybridized carbons (Fsp3) is 0.167. The van der Waals surface area contributed by atoms with Gasteiger partial charge in [-0.1, -0.05) is 12.1 Å². The number of nitrogens with zero attached hydrogens (tertiary/aromatic N) is 2. The Bertz CT molecular complexity index is 1010. The van der Waals surface area contributed by atoms with Crippen LogP contribution in [-0.2, 0) is 6.73 Å². The standard InChI is InChI=1S/C18H17FN4O3S/c1-10-11(2)27-18(15(10)16(20)24)21-17(25)13-7-8-23(22-13)9-26-14-6-4-3-5-12(14)19/h3-8H,9H2,1-2H3,(H2,20,24)(H,21,25). The van der Waals surface area contributed by atoms with Gasteiger partial charge >= 0.3 is 0 Å². The summed E-state index contributed by atoms with van der Waals surface area (Å²) in [5.41, 5.74) is 6.58. The summed E-state index contributed by atoms with van der Waals surface area (Å²) in [6.45, 7) is 3.56. The first-order valence-corrected chi connectivity index (χ1v) is 8.80. The summed E-state index contributed by atoms with van der Waals surface area (Å²) in [6, 6.07) is 7.50. The van der Waals surface area contributed by atoms with E-state index in [1.165, 1.54) is 40.4 Å². The fourth-order valence-corrected chi connectivity index (χ4v) is 3.49. The lowest BCUT2D eigenvalue weighted by molar-refractivity contribution is 0.100. The Kier molecular flexibility index (Phi) is 5.22. The van der Waals surface area contributed by atoms with E-state index in [0.29, 0.717) is 10.6 Å². The number of rotatable bonds is 6. The molecule has 140 valence electrons. The molecule has 0 aliphatic rings. The maximum Gasteiger partial charge on any atom is 0.276 e. The van der Waals surface area contributed by atoms with Crippen molar-refractivity contribution in [2.75, 3.05) is 5.32 Å². The van der Waals surface area contributed by atoms with Crippen LogP contribution in [0.2, 0.25) is 0 Å². The van der Waals surface area contributed by atoms with Crippen LogP contribution in [0.5, 0.6) is 5.75 Å². The van der Waals surface area contributed by atoms with Crippen molar-refractivity contribution < 1.29 is 18.7 Å². The molecular weight excluding hydrogens is 371 g/mol. The van der Waals surface area contributed by atoms with Crippen LogP contribution in [0.15, 0.2) is 36.5 Å². The summed E-state index contributed by atoms with van der Waals surface area (Å²) in [5, 5.41) is 7.16. The van der Waals surface area contributed by atoms with Crippen LogP contribution in [-0.4, -0.2) is 21.6 Å². The highest BCUT2D eigenvalue weighted by atomic mass is 32.1. The number of hydrogen-bond donors (Lipinski definition) is 2. The second-order valence-electron chi connectivity index (χ2n) is 5.75. The normalized spacial score (nSPS) is 10.6. The maximum absolute atomic E-state index is 13.6. The highest BCUT2D eigenvalue weighted by molar-refractivity contribution is 7.16. The SMILES string of the molecule is Cc1sc(NC(=O)c2ccn(COc3ccccc3F)n2)c(C(N)=O)c1C. The number of nitrogens with one attached hydrogen (secondary N) is 1. The molecular formula is C18H17FN4O3S. The summed E-state index contributed by atoms with van der Waals surface area (Å²) in [7, 11) is 0. The van der Waals surface area contributed by atoms with E-state index in [1.54, 1.807) is 19.1 Å². The number of nitrogens with two attached hydrogens (primary N) is 1. The van der Waals surface area contributed by atoms with Gasteiger partial charge in [-0.3, -0.25) is 9.59 Å². The predicted octanol–water partition coefficient (Wildman–Crippen LogP) is 3.09. The number of primary amides is 1. The molecule has 0 saturated carbocycles. The second-order valence-corrected chi connectivity index (χ2v) is 6.97. The topological polar surface area (TPSA) is 99.2 Å². The molecule has 9 heteroatoms. The average molecular weight is 388 g/mol. The second kappa shape index (κ2) is 7.58. The summed E-state index contributed by atoms with van der Waals surface area (Å²) in [5.74, 6) is -1.47. The van der Waals surface area contributed by atoms with Crippen LogP contribution < -0.4 is 15.8 Å². The van der Waals surface area contributed by atoms with Crippen LogP contribution in [0, 0.1) is 19.7 Å². The number of para-hydroxylation sites is 1. The number of carbonyl (C=O) groups excluding carboxylic acids is 2. The lowest BCUT2D eigenvalue weighted by Gasteiger charge is -2.06. The molecule has 27 heavy (non-hydrogen) atoms. The van der Waals surface area contributed by atoms with Crippen molar-refractivity contribution in [3.8, 4) is 5.75 Å². The monoisotopic (exact) mass is 388 g/mol. The molecule has 2 amide bonds. The van der Waals surface area contributed by atoms with Gasteiger partial charge in [0, 0.05) is 11.1 Å². The summed E-state index contributed by atoms with van der Waals surface area (Å²) in [6.07, 6.45) is 1.54. The Morgan fingerprint density at radius 2 is 2.04 bits per heavy atom. The Labute approximate surface area is 158 Å². The van der Waals surface area contributed by atoms with Crippen LogP contribution in [0.4, 0.5) is 9.39 Å². The quantitative estimate of drug-likeness (QED) is 0.678. The van der Waals surface area contributed by atoms with Gasteiger partial charge in [0.15, 0.2) is 24.0 Å². The number of halogens is 1. The largest absolute Gasteiger partial charge is 0.468 e. The van der Waals surface area contributed by atoms with E-state index in [4.69, 9.17) is 10.5 Å². The zero-order valence-electron chi connectivity index (χ0n) is 14.7. The van der Waals surface area contributed by atoms with Crippen molar-refractivity contribution in [3.63, 3.8) is 0 Å². The third-order valence-electron chi connectivity index (χ3n) is 3.92. The Hall–Kier alpha value is -3.20. The van der Waals surface area contributed by atoms with Gasteiger partial charge in [-0.15, -0.1) is 11.3 Å². The summed E-state index contributed by atoms with van der Waals surface area (Å²) in [4.78, 5) is 24.9. The first-order chi connectivity index (χ1) is 12.9. The minimum atomic E-state index is -0.601. The van der Waals surface area contributed by atoms with E-state index < -0.39 is 17.6 Å². The van der Waals surface area contributed by atoms with Crippen LogP contribution in [0.3, 0.4) is 0 Å². The number of benzene rings is 1. The van der Waals surface area contributed by atoms with Crippen LogP contribution in [0.25, 0.3) is 0 Å². The number of aromatic nitrogens is 2. The molecule has 0 atom stereocenters. The molecule has 0 aliphatic heterocycles. The van der Waals surface area contributed by atoms with Crippen molar-refractivity contribution >= 4 is 28.2 Å². The van der Waals surface area contributed by atoms with Gasteiger partial charge in [0.05, 0.1) is 5.56 Å². The van der Waals surface area contributed by atoms with E-state index >= 15 is 0 Å². The number of anilines is 1. The molecule has 0 saturated heterocycles. The van der Waals surface area contributed by atoms with Crippen LogP contribution >= 0.6 is 11.3 Å². The molecule has 0 unspecified atom stereocenters. The van der Waals surface area contributed by atoms with E-state index in [2.05, 4.69) is 10.4 Å². The Morgan fingerprint density at radius 3 is 2.74 bits per heavy atom. The first-order valence-electron chi connectivity index (χ1n) is 7.98. The molecule has 0 spiro atoms. The summed E-state index contributed by atoms with van der Waals surface area (Å²) >= 11 is 1.27. The van der Waals surface area contributed by atoms with Gasteiger partial charge in [-0.05, 0) is 37.6 Å². The van der Waals surface area contributed by atoms with Gasteiger partial charge in [0.1, 0.15) is 5.00 Å². The predicted molar refractivity (Wildman–Crippen MR) is 99.5 cm³/mol. The van der Waals surface area contributed by atoms with Crippen molar-refractivity contribution in [2.45, 2.75) is 20.6 Å². The molecule has 3 aromatic rings. The first kappa shape index (κ1) is 18.6. The zero-order valence-corrected chi connectivity index (χ0v) is 15.5. The molecule has 1 aromatic carbocycles. The molecule has 7 nitrogen and oxygen atoms in total. The molecule has 0 bridgehead atoms. The molecule has 2 aromatic heterocycles. The van der Waals surface area contributed by atoms with E-state index in [9.17, 15) is 14.0 Å². The molecule has 0 fully saturated rings. The molecule has 0 radical (unpaired) electrons. The lowest BCUT2D eigenvalue weighted by Crippen LogP contribution is -2.18. The highest BCUT2D eigenvalue weighted by Crippen LogP contribution is 2.32. The molecule has 2 heterocycles.